The third-order valence-corrected chi connectivity index (χ3v) is 4.11. The van der Waals surface area contributed by atoms with Gasteiger partial charge in [0.1, 0.15) is 10.7 Å². The van der Waals surface area contributed by atoms with E-state index < -0.39 is 0 Å². The summed E-state index contributed by atoms with van der Waals surface area (Å²) in [5, 5.41) is 14.8. The van der Waals surface area contributed by atoms with Crippen LogP contribution < -0.4 is 10.2 Å². The summed E-state index contributed by atoms with van der Waals surface area (Å²) in [4.78, 5) is 12.9. The Labute approximate surface area is 124 Å². The van der Waals surface area contributed by atoms with Gasteiger partial charge >= 0.3 is 5.69 Å². The number of para-hydroxylation sites is 1. The molecule has 1 aliphatic rings. The SMILES string of the molecule is CCN(CC1CCNCC1)c1cccc(Cl)c1[N+](=O)[O-]. The molecule has 0 aliphatic carbocycles. The molecule has 6 heteroatoms. The number of nitro benzene ring substituents is 1. The van der Waals surface area contributed by atoms with Gasteiger partial charge in [-0.3, -0.25) is 10.1 Å². The minimum atomic E-state index is -0.386. The molecule has 0 aromatic heterocycles. The standard InChI is InChI=1S/C14H20ClN3O2/c1-2-17(10-11-6-8-16-9-7-11)13-5-3-4-12(15)14(13)18(19)20/h3-5,11,16H,2,6-10H2,1H3. The van der Waals surface area contributed by atoms with Crippen LogP contribution in [0.5, 0.6) is 0 Å². The Morgan fingerprint density at radius 3 is 2.75 bits per heavy atom. The molecule has 0 unspecified atom stereocenters. The van der Waals surface area contributed by atoms with Gasteiger partial charge in [0, 0.05) is 13.1 Å². The van der Waals surface area contributed by atoms with Crippen LogP contribution in [-0.2, 0) is 0 Å². The smallest absolute Gasteiger partial charge is 0.310 e. The van der Waals surface area contributed by atoms with E-state index in [4.69, 9.17) is 11.6 Å². The number of piperidine rings is 1. The molecule has 1 N–H and O–H groups in total. The van der Waals surface area contributed by atoms with E-state index in [1.54, 1.807) is 18.2 Å². The predicted molar refractivity (Wildman–Crippen MR) is 81.6 cm³/mol. The van der Waals surface area contributed by atoms with Crippen LogP contribution in [0.15, 0.2) is 18.2 Å². The Morgan fingerprint density at radius 2 is 2.15 bits per heavy atom. The molecule has 110 valence electrons. The molecule has 0 saturated carbocycles. The molecule has 0 spiro atoms. The second-order valence-corrected chi connectivity index (χ2v) is 5.50. The zero-order valence-electron chi connectivity index (χ0n) is 11.6. The van der Waals surface area contributed by atoms with E-state index in [1.165, 1.54) is 0 Å². The van der Waals surface area contributed by atoms with Crippen molar-refractivity contribution in [3.8, 4) is 0 Å². The summed E-state index contributed by atoms with van der Waals surface area (Å²) in [6, 6.07) is 5.13. The van der Waals surface area contributed by atoms with Crippen molar-refractivity contribution in [2.24, 2.45) is 5.92 Å². The first-order chi connectivity index (χ1) is 9.63. The van der Waals surface area contributed by atoms with Crippen LogP contribution in [0, 0.1) is 16.0 Å². The maximum atomic E-state index is 11.2. The topological polar surface area (TPSA) is 58.4 Å². The Balaban J connectivity index is 2.22. The summed E-state index contributed by atoms with van der Waals surface area (Å²) in [5.74, 6) is 0.579. The van der Waals surface area contributed by atoms with E-state index in [9.17, 15) is 10.1 Å². The summed E-state index contributed by atoms with van der Waals surface area (Å²) >= 11 is 5.99. The van der Waals surface area contributed by atoms with Gasteiger partial charge in [0.25, 0.3) is 0 Å². The third-order valence-electron chi connectivity index (χ3n) is 3.81. The van der Waals surface area contributed by atoms with Crippen molar-refractivity contribution in [1.82, 2.24) is 5.32 Å². The fourth-order valence-corrected chi connectivity index (χ4v) is 2.95. The lowest BCUT2D eigenvalue weighted by atomic mass is 9.97. The summed E-state index contributed by atoms with van der Waals surface area (Å²) in [5.41, 5.74) is 0.647. The quantitative estimate of drug-likeness (QED) is 0.670. The van der Waals surface area contributed by atoms with Gasteiger partial charge in [0.05, 0.1) is 4.92 Å². The molecular weight excluding hydrogens is 278 g/mol. The van der Waals surface area contributed by atoms with Crippen LogP contribution >= 0.6 is 11.6 Å². The van der Waals surface area contributed by atoms with Crippen molar-refractivity contribution in [3.63, 3.8) is 0 Å². The summed E-state index contributed by atoms with van der Waals surface area (Å²) in [7, 11) is 0. The average Bonchev–Trinajstić information content (AvgIpc) is 2.45. The van der Waals surface area contributed by atoms with Crippen molar-refractivity contribution in [2.75, 3.05) is 31.1 Å². The zero-order valence-corrected chi connectivity index (χ0v) is 12.4. The fourth-order valence-electron chi connectivity index (χ4n) is 2.71. The van der Waals surface area contributed by atoms with Crippen LogP contribution in [0.2, 0.25) is 5.02 Å². The highest BCUT2D eigenvalue weighted by molar-refractivity contribution is 6.33. The number of nitro groups is 1. The molecule has 1 aromatic rings. The summed E-state index contributed by atoms with van der Waals surface area (Å²) in [6.45, 7) is 5.66. The molecular formula is C14H20ClN3O2. The largest absolute Gasteiger partial charge is 0.366 e. The number of rotatable bonds is 5. The lowest BCUT2D eigenvalue weighted by molar-refractivity contribution is -0.384. The van der Waals surface area contributed by atoms with Crippen molar-refractivity contribution in [1.29, 1.82) is 0 Å². The van der Waals surface area contributed by atoms with Gasteiger partial charge in [-0.1, -0.05) is 17.7 Å². The Bertz CT molecular complexity index is 475. The van der Waals surface area contributed by atoms with E-state index in [1.807, 2.05) is 6.92 Å². The van der Waals surface area contributed by atoms with Gasteiger partial charge in [-0.2, -0.15) is 0 Å². The molecule has 0 amide bonds. The molecule has 1 aliphatic heterocycles. The fraction of sp³-hybridized carbons (Fsp3) is 0.571. The third kappa shape index (κ3) is 3.41. The van der Waals surface area contributed by atoms with Gasteiger partial charge < -0.3 is 10.2 Å². The highest BCUT2D eigenvalue weighted by Gasteiger charge is 2.24. The number of hydrogen-bond acceptors (Lipinski definition) is 4. The minimum Gasteiger partial charge on any atom is -0.366 e. The van der Waals surface area contributed by atoms with Crippen LogP contribution in [-0.4, -0.2) is 31.1 Å². The van der Waals surface area contributed by atoms with Crippen LogP contribution in [0.4, 0.5) is 11.4 Å². The first-order valence-electron chi connectivity index (χ1n) is 7.02. The number of nitrogens with zero attached hydrogens (tertiary/aromatic N) is 2. The molecule has 0 radical (unpaired) electrons. The molecule has 1 saturated heterocycles. The van der Waals surface area contributed by atoms with Crippen molar-refractivity contribution >= 4 is 23.0 Å². The van der Waals surface area contributed by atoms with E-state index in [-0.39, 0.29) is 15.6 Å². The van der Waals surface area contributed by atoms with Crippen LogP contribution in [0.3, 0.4) is 0 Å². The van der Waals surface area contributed by atoms with Gasteiger partial charge in [-0.15, -0.1) is 0 Å². The van der Waals surface area contributed by atoms with Crippen molar-refractivity contribution < 1.29 is 4.92 Å². The van der Waals surface area contributed by atoms with E-state index >= 15 is 0 Å². The number of nitrogens with one attached hydrogen (secondary N) is 1. The number of hydrogen-bond donors (Lipinski definition) is 1. The second-order valence-electron chi connectivity index (χ2n) is 5.10. The Kier molecular flexibility index (Phi) is 5.20. The maximum absolute atomic E-state index is 11.2. The Hall–Kier alpha value is -1.33. The molecule has 0 atom stereocenters. The summed E-state index contributed by atoms with van der Waals surface area (Å²) in [6.07, 6.45) is 2.23. The normalized spacial score (nSPS) is 16.1. The highest BCUT2D eigenvalue weighted by atomic mass is 35.5. The predicted octanol–water partition coefficient (Wildman–Crippen LogP) is 3.07. The number of halogens is 1. The van der Waals surface area contributed by atoms with Crippen LogP contribution in [0.1, 0.15) is 19.8 Å². The highest BCUT2D eigenvalue weighted by Crippen LogP contribution is 2.35. The zero-order chi connectivity index (χ0) is 14.5. The van der Waals surface area contributed by atoms with E-state index in [0.717, 1.165) is 39.0 Å². The number of benzene rings is 1. The van der Waals surface area contributed by atoms with Gasteiger partial charge in [0.2, 0.25) is 0 Å². The van der Waals surface area contributed by atoms with Crippen molar-refractivity contribution in [3.05, 3.63) is 33.3 Å². The van der Waals surface area contributed by atoms with Gasteiger partial charge in [0.15, 0.2) is 0 Å². The number of anilines is 1. The van der Waals surface area contributed by atoms with E-state index in [0.29, 0.717) is 11.6 Å². The summed E-state index contributed by atoms with van der Waals surface area (Å²) < 4.78 is 0. The molecule has 20 heavy (non-hydrogen) atoms. The van der Waals surface area contributed by atoms with Crippen molar-refractivity contribution in [2.45, 2.75) is 19.8 Å². The minimum absolute atomic E-state index is 0.0185. The average molecular weight is 298 g/mol. The monoisotopic (exact) mass is 297 g/mol. The molecule has 2 rings (SSSR count). The molecule has 1 heterocycles. The first kappa shape index (κ1) is 15.1. The Morgan fingerprint density at radius 1 is 1.45 bits per heavy atom. The van der Waals surface area contributed by atoms with Gasteiger partial charge in [-0.05, 0) is 50.9 Å². The van der Waals surface area contributed by atoms with Gasteiger partial charge in [-0.25, -0.2) is 0 Å². The molecule has 1 aromatic carbocycles. The van der Waals surface area contributed by atoms with E-state index in [2.05, 4.69) is 10.2 Å². The lowest BCUT2D eigenvalue weighted by Crippen LogP contribution is -2.36. The molecule has 1 fully saturated rings. The second kappa shape index (κ2) is 6.90. The molecule has 5 nitrogen and oxygen atoms in total. The lowest BCUT2D eigenvalue weighted by Gasteiger charge is -2.30. The first-order valence-corrected chi connectivity index (χ1v) is 7.39. The van der Waals surface area contributed by atoms with Crippen LogP contribution in [0.25, 0.3) is 0 Å². The maximum Gasteiger partial charge on any atom is 0.310 e. The molecule has 0 bridgehead atoms.